The number of hydrogen-bond acceptors (Lipinski definition) is 24. The van der Waals surface area contributed by atoms with E-state index in [9.17, 15) is 56.4 Å². The molecule has 6 aliphatic rings. The van der Waals surface area contributed by atoms with Crippen LogP contribution in [0.5, 0.6) is 0 Å². The van der Waals surface area contributed by atoms with Crippen LogP contribution in [0.15, 0.2) is 77.8 Å². The van der Waals surface area contributed by atoms with E-state index in [2.05, 4.69) is 71.1 Å². The fourth-order valence-corrected chi connectivity index (χ4v) is 16.8. The molecule has 5 N–H and O–H groups in total. The van der Waals surface area contributed by atoms with Crippen molar-refractivity contribution in [1.29, 1.82) is 0 Å². The second-order valence-electron chi connectivity index (χ2n) is 32.2. The number of pyridine rings is 3. The van der Waals surface area contributed by atoms with Gasteiger partial charge in [-0.1, -0.05) is 37.3 Å². The molecule has 668 valence electrons. The average Bonchev–Trinajstić information content (AvgIpc) is 1.62. The Bertz CT molecular complexity index is 6280. The number of imidazole rings is 2. The lowest BCUT2D eigenvalue weighted by Crippen LogP contribution is -2.25. The number of amides is 1. The van der Waals surface area contributed by atoms with E-state index in [0.29, 0.717) is 158 Å². The summed E-state index contributed by atoms with van der Waals surface area (Å²) in [4.78, 5) is 49.9. The van der Waals surface area contributed by atoms with E-state index in [1.54, 1.807) is 98.4 Å². The number of rotatable bonds is 27. The van der Waals surface area contributed by atoms with E-state index in [0.717, 1.165) is 92.2 Å². The van der Waals surface area contributed by atoms with E-state index >= 15 is 0 Å². The number of alkyl halides is 6. The number of halogens is 7. The number of sulfonamides is 3. The molecule has 8 aromatic heterocycles. The van der Waals surface area contributed by atoms with Crippen LogP contribution in [0.1, 0.15) is 161 Å². The Balaban J connectivity index is 0.000000147. The van der Waals surface area contributed by atoms with Crippen LogP contribution in [0.4, 0.5) is 83.2 Å². The van der Waals surface area contributed by atoms with Gasteiger partial charge in [-0.2, -0.15) is 15.3 Å². The van der Waals surface area contributed by atoms with Gasteiger partial charge in [0, 0.05) is 102 Å². The molecule has 3 aromatic carbocycles. The zero-order valence-corrected chi connectivity index (χ0v) is 74.3. The molecule has 2 atom stereocenters. The number of aryl methyl sites for hydroxylation is 8. The molecule has 2 saturated heterocycles. The van der Waals surface area contributed by atoms with E-state index < -0.39 is 73.5 Å². The number of nitrogens with two attached hydrogens (primary N) is 1. The van der Waals surface area contributed by atoms with Gasteiger partial charge >= 0.3 is 0 Å². The van der Waals surface area contributed by atoms with E-state index in [1.165, 1.54) is 70.6 Å². The normalized spacial score (nSPS) is 16.6. The molecule has 17 rings (SSSR count). The summed E-state index contributed by atoms with van der Waals surface area (Å²) in [5.41, 5.74) is 13.6. The highest BCUT2D eigenvalue weighted by Crippen LogP contribution is 2.46. The molecule has 3 saturated carbocycles. The highest BCUT2D eigenvalue weighted by atomic mass is 35.5. The summed E-state index contributed by atoms with van der Waals surface area (Å²) in [5.74, 6) is 4.06. The van der Waals surface area contributed by atoms with Crippen LogP contribution in [-0.2, 0) is 84.7 Å². The van der Waals surface area contributed by atoms with Gasteiger partial charge in [0.15, 0.2) is 40.4 Å². The zero-order chi connectivity index (χ0) is 89.6. The van der Waals surface area contributed by atoms with Crippen LogP contribution < -0.4 is 34.6 Å². The Morgan fingerprint density at radius 1 is 0.496 bits per heavy atom. The predicted octanol–water partition coefficient (Wildman–Crippen LogP) is 15.1. The lowest BCUT2D eigenvalue weighted by molar-refractivity contribution is -0.119. The summed E-state index contributed by atoms with van der Waals surface area (Å²) in [6, 6.07) is 20.8. The standard InChI is InChI=1S/C29H36F2N8O3S.C25H29F2N7O2S.C24H27ClF2N8O3S.C4H7NO/c1-17-32-27(37(2)36-17)19-11-13-21(23(15-19)38(3)43(4,40)41)34-22-16-20(12-10-18-8-9-18)33-28-25(22)35-29(26(30)31)39(28)24-7-5-6-14-42-24;1-14-28-25(33(2)32-14)16-8-10-18(22(11-16)34(3)37(4,35)36)30-19-12-17(9-7-15-5-6-15)29-20-13-21(24(26)27)31-23(19)20;1-13-28-22(33(2)32-13)14-8-9-15(17(11-14)34(3)39(4,36)37)29-16-12-18(25)30-23-20(16)31-24(21(26)27)35(23)19-7-5-6-10-38-19;5-4(6)3-1-2-3/h11,13,15-16,18,24,26H,5-10,12,14H2,1-4H3,(H,33,34);8,10-12,15,24H,5-7,9,13H2,1-4H3,(H,29,30);8-9,11-12,19,21H,5-7,10H2,1-4H3,(H,29,30);3H,1-2H2,(H2,5,6). The van der Waals surface area contributed by atoms with Crippen LogP contribution in [-0.4, -0.2) is 175 Å². The van der Waals surface area contributed by atoms with Crippen molar-refractivity contribution in [3.63, 3.8) is 0 Å². The third-order valence-corrected chi connectivity index (χ3v) is 26.1. The Morgan fingerprint density at radius 3 is 1.22 bits per heavy atom. The molecular weight excluding hydrogens is 1710 g/mol. The van der Waals surface area contributed by atoms with Gasteiger partial charge in [0.1, 0.15) is 51.8 Å². The third kappa shape index (κ3) is 21.1. The van der Waals surface area contributed by atoms with Crippen LogP contribution in [0, 0.1) is 38.5 Å². The molecular formula is C82H99ClF6N24O9S3. The Hall–Kier alpha value is -11.0. The quantitative estimate of drug-likeness (QED) is 0.0274. The van der Waals surface area contributed by atoms with Gasteiger partial charge in [-0.25, -0.2) is 106 Å². The van der Waals surface area contributed by atoms with Crippen molar-refractivity contribution in [3.8, 4) is 34.2 Å². The number of aliphatic imine (C=N–C) groups is 1. The van der Waals surface area contributed by atoms with Crippen molar-refractivity contribution < 1.29 is 65.9 Å². The maximum Gasteiger partial charge on any atom is 0.295 e. The SMILES string of the molecule is Cc1nc(-c2ccc(Nc3cc(CCC4CC4)nc4c3N=C(C(F)F)C4)c(N(C)S(C)(=O)=O)c2)n(C)n1.Cc1nc(-c2ccc(Nc3cc(CCC4CC4)nc4c3nc(C(F)F)n4C3CCCCO3)c(N(C)S(C)(=O)=O)c2)n(C)n1.Cc1nc(-c2ccc(Nc3cc(Cl)nc4c3nc(C(F)F)n4C3CCCCO3)c(N(C)S(C)(=O)=O)c2)n(C)n1.NC(=O)C1CC1. The highest BCUT2D eigenvalue weighted by molar-refractivity contribution is 7.92. The first-order chi connectivity index (χ1) is 59.2. The van der Waals surface area contributed by atoms with Gasteiger partial charge in [-0.15, -0.1) is 0 Å². The number of ether oxygens (including phenoxy) is 2. The lowest BCUT2D eigenvalue weighted by Gasteiger charge is -2.25. The first-order valence-corrected chi connectivity index (χ1v) is 46.8. The number of carbonyl (C=O) groups is 1. The minimum Gasteiger partial charge on any atom is -0.369 e. The summed E-state index contributed by atoms with van der Waals surface area (Å²) in [6.07, 6.45) is 8.50. The fraction of sp³-hybridized carbons (Fsp3) is 0.476. The number of nitrogens with one attached hydrogen (secondary N) is 3. The fourth-order valence-electron chi connectivity index (χ4n) is 15.1. The first-order valence-electron chi connectivity index (χ1n) is 40.9. The summed E-state index contributed by atoms with van der Waals surface area (Å²) >= 11 is 6.34. The summed E-state index contributed by atoms with van der Waals surface area (Å²) < 4.78 is 182. The van der Waals surface area contributed by atoms with Crippen LogP contribution in [0.3, 0.4) is 0 Å². The molecule has 11 heterocycles. The summed E-state index contributed by atoms with van der Waals surface area (Å²) in [7, 11) is -1.33. The van der Waals surface area contributed by atoms with Gasteiger partial charge in [0.2, 0.25) is 36.0 Å². The summed E-state index contributed by atoms with van der Waals surface area (Å²) in [5, 5.41) is 22.7. The van der Waals surface area contributed by atoms with Crippen LogP contribution in [0.2, 0.25) is 5.15 Å². The van der Waals surface area contributed by atoms with E-state index in [1.807, 2.05) is 24.3 Å². The van der Waals surface area contributed by atoms with Crippen LogP contribution >= 0.6 is 11.6 Å². The highest BCUT2D eigenvalue weighted by Gasteiger charge is 2.35. The number of hydrogen-bond donors (Lipinski definition) is 4. The van der Waals surface area contributed by atoms with Crippen molar-refractivity contribution >= 4 is 132 Å². The second-order valence-corrected chi connectivity index (χ2v) is 38.6. The Morgan fingerprint density at radius 2 is 0.880 bits per heavy atom. The molecule has 5 fully saturated rings. The molecule has 0 bridgehead atoms. The molecule has 2 unspecified atom stereocenters. The van der Waals surface area contributed by atoms with E-state index in [-0.39, 0.29) is 51.5 Å². The molecule has 3 aliphatic heterocycles. The number of carbonyl (C=O) groups excluding carboxylic acids is 1. The van der Waals surface area contributed by atoms with Crippen molar-refractivity contribution in [1.82, 2.24) is 78.3 Å². The third-order valence-electron chi connectivity index (χ3n) is 22.3. The average molecular weight is 1810 g/mol. The Labute approximate surface area is 724 Å². The first kappa shape index (κ1) is 90.3. The number of benzene rings is 3. The zero-order valence-electron chi connectivity index (χ0n) is 71.0. The van der Waals surface area contributed by atoms with Crippen molar-refractivity contribution in [2.24, 2.45) is 49.6 Å². The van der Waals surface area contributed by atoms with Crippen LogP contribution in [0.25, 0.3) is 56.5 Å². The lowest BCUT2D eigenvalue weighted by atomic mass is 10.1. The molecule has 3 aliphatic carbocycles. The maximum atomic E-state index is 14.4. The number of primary amides is 1. The monoisotopic (exact) mass is 1810 g/mol. The van der Waals surface area contributed by atoms with Gasteiger partial charge in [-0.05, 0) is 176 Å². The van der Waals surface area contributed by atoms with Crippen molar-refractivity contribution in [2.45, 2.75) is 162 Å². The number of aromatic nitrogens is 16. The minimum absolute atomic E-state index is 0.000500. The van der Waals surface area contributed by atoms with E-state index in [4.69, 9.17) is 31.8 Å². The molecule has 0 radical (unpaired) electrons. The maximum absolute atomic E-state index is 14.4. The Kier molecular flexibility index (Phi) is 26.7. The molecule has 125 heavy (non-hydrogen) atoms. The predicted molar refractivity (Wildman–Crippen MR) is 466 cm³/mol. The molecule has 43 heteroatoms. The second kappa shape index (κ2) is 36.9. The van der Waals surface area contributed by atoms with Gasteiger partial charge < -0.3 is 31.2 Å². The topological polar surface area (TPSA) is 389 Å². The van der Waals surface area contributed by atoms with Gasteiger partial charge in [-0.3, -0.25) is 31.8 Å². The van der Waals surface area contributed by atoms with Gasteiger partial charge in [0.05, 0.1) is 81.4 Å². The van der Waals surface area contributed by atoms with Gasteiger partial charge in [0.25, 0.3) is 19.3 Å². The minimum atomic E-state index is -3.68. The number of fused-ring (bicyclic) bond motifs is 3. The van der Waals surface area contributed by atoms with Crippen molar-refractivity contribution in [2.75, 3.05) is 82.0 Å². The number of anilines is 9. The molecule has 33 nitrogen and oxygen atoms in total. The smallest absolute Gasteiger partial charge is 0.295 e. The van der Waals surface area contributed by atoms with Crippen molar-refractivity contribution in [3.05, 3.63) is 124 Å². The molecule has 1 amide bonds. The largest absolute Gasteiger partial charge is 0.369 e. The number of nitrogens with zero attached hydrogens (tertiary/aromatic N) is 20. The molecule has 0 spiro atoms. The summed E-state index contributed by atoms with van der Waals surface area (Å²) in [6.45, 7) is 6.24. The molecule has 11 aromatic rings.